The zero-order chi connectivity index (χ0) is 13.4. The Kier molecular flexibility index (Phi) is 2.89. The van der Waals surface area contributed by atoms with E-state index < -0.39 is 0 Å². The summed E-state index contributed by atoms with van der Waals surface area (Å²) in [6, 6.07) is 9.70. The van der Waals surface area contributed by atoms with Crippen LogP contribution in [0.25, 0.3) is 11.0 Å². The van der Waals surface area contributed by atoms with Crippen LogP contribution < -0.4 is 11.3 Å². The largest absolute Gasteiger partial charge is 0.467 e. The van der Waals surface area contributed by atoms with Gasteiger partial charge in [-0.25, -0.2) is 5.43 Å². The van der Waals surface area contributed by atoms with E-state index in [1.807, 2.05) is 44.2 Å². The Balaban J connectivity index is 2.12. The van der Waals surface area contributed by atoms with Crippen LogP contribution >= 0.6 is 0 Å². The van der Waals surface area contributed by atoms with Crippen molar-refractivity contribution >= 4 is 11.0 Å². The lowest BCUT2D eigenvalue weighted by atomic mass is 10.1. The highest BCUT2D eigenvalue weighted by molar-refractivity contribution is 5.81. The fourth-order valence-corrected chi connectivity index (χ4v) is 2.34. The quantitative estimate of drug-likeness (QED) is 0.558. The molecule has 1 unspecified atom stereocenters. The third-order valence-electron chi connectivity index (χ3n) is 3.38. The number of para-hydroxylation sites is 1. The molecule has 0 saturated carbocycles. The third-order valence-corrected chi connectivity index (χ3v) is 3.38. The third kappa shape index (κ3) is 1.95. The summed E-state index contributed by atoms with van der Waals surface area (Å²) in [7, 11) is 0. The van der Waals surface area contributed by atoms with E-state index in [2.05, 4.69) is 5.43 Å². The van der Waals surface area contributed by atoms with E-state index in [-0.39, 0.29) is 6.04 Å². The molecule has 4 nitrogen and oxygen atoms in total. The van der Waals surface area contributed by atoms with E-state index in [1.54, 1.807) is 6.26 Å². The molecule has 0 aliphatic carbocycles. The zero-order valence-corrected chi connectivity index (χ0v) is 10.9. The van der Waals surface area contributed by atoms with Crippen molar-refractivity contribution in [3.05, 3.63) is 59.2 Å². The lowest BCUT2D eigenvalue weighted by Crippen LogP contribution is -2.28. The number of aryl methyl sites for hydroxylation is 2. The Morgan fingerprint density at radius 1 is 1.16 bits per heavy atom. The van der Waals surface area contributed by atoms with Crippen molar-refractivity contribution in [1.29, 1.82) is 0 Å². The molecule has 0 radical (unpaired) electrons. The number of fused-ring (bicyclic) bond motifs is 1. The molecule has 0 spiro atoms. The molecule has 0 amide bonds. The van der Waals surface area contributed by atoms with E-state index in [4.69, 9.17) is 14.7 Å². The van der Waals surface area contributed by atoms with Crippen molar-refractivity contribution in [3.63, 3.8) is 0 Å². The van der Waals surface area contributed by atoms with Crippen LogP contribution in [0.2, 0.25) is 0 Å². The van der Waals surface area contributed by atoms with Crippen LogP contribution in [-0.2, 0) is 0 Å². The first-order valence-electron chi connectivity index (χ1n) is 6.20. The van der Waals surface area contributed by atoms with Crippen molar-refractivity contribution < 1.29 is 8.83 Å². The molecule has 3 rings (SSSR count). The molecule has 2 aromatic heterocycles. The molecule has 3 N–H and O–H groups in total. The number of nitrogens with one attached hydrogen (secondary N) is 1. The van der Waals surface area contributed by atoms with Gasteiger partial charge in [-0.3, -0.25) is 5.84 Å². The summed E-state index contributed by atoms with van der Waals surface area (Å²) >= 11 is 0. The van der Waals surface area contributed by atoms with Crippen LogP contribution in [0, 0.1) is 13.8 Å². The second-order valence-corrected chi connectivity index (χ2v) is 4.71. The van der Waals surface area contributed by atoms with Crippen molar-refractivity contribution in [2.45, 2.75) is 19.9 Å². The Morgan fingerprint density at radius 2 is 2.00 bits per heavy atom. The molecule has 0 aliphatic rings. The minimum atomic E-state index is -0.276. The first-order chi connectivity index (χ1) is 9.20. The average Bonchev–Trinajstić information content (AvgIpc) is 2.99. The Hall–Kier alpha value is -2.04. The van der Waals surface area contributed by atoms with Gasteiger partial charge in [-0.15, -0.1) is 0 Å². The minimum absolute atomic E-state index is 0.276. The number of hydrazine groups is 1. The molecule has 1 aromatic carbocycles. The monoisotopic (exact) mass is 256 g/mol. The first-order valence-corrected chi connectivity index (χ1v) is 6.20. The fourth-order valence-electron chi connectivity index (χ4n) is 2.34. The molecule has 4 heteroatoms. The summed E-state index contributed by atoms with van der Waals surface area (Å²) in [6.07, 6.45) is 1.66. The van der Waals surface area contributed by atoms with E-state index >= 15 is 0 Å². The summed E-state index contributed by atoms with van der Waals surface area (Å²) in [5, 5.41) is 1.07. The molecule has 3 aromatic rings. The normalized spacial score (nSPS) is 13.0. The zero-order valence-electron chi connectivity index (χ0n) is 10.9. The molecular formula is C15H16N2O2. The summed E-state index contributed by atoms with van der Waals surface area (Å²) in [4.78, 5) is 0. The minimum Gasteiger partial charge on any atom is -0.467 e. The van der Waals surface area contributed by atoms with Crippen LogP contribution in [0.3, 0.4) is 0 Å². The van der Waals surface area contributed by atoms with Gasteiger partial charge in [0.25, 0.3) is 0 Å². The van der Waals surface area contributed by atoms with Crippen molar-refractivity contribution in [2.75, 3.05) is 0 Å². The predicted octanol–water partition coefficient (Wildman–Crippen LogP) is 3.20. The van der Waals surface area contributed by atoms with Crippen molar-refractivity contribution in [3.8, 4) is 0 Å². The molecule has 0 aliphatic heterocycles. The maximum absolute atomic E-state index is 5.93. The van der Waals surface area contributed by atoms with E-state index in [1.165, 1.54) is 0 Å². The Labute approximate surface area is 111 Å². The van der Waals surface area contributed by atoms with E-state index in [9.17, 15) is 0 Å². The molecule has 1 atom stereocenters. The summed E-state index contributed by atoms with van der Waals surface area (Å²) in [5.74, 6) is 7.19. The molecule has 0 bridgehead atoms. The number of nitrogens with two attached hydrogens (primary N) is 1. The second-order valence-electron chi connectivity index (χ2n) is 4.71. The van der Waals surface area contributed by atoms with Gasteiger partial charge in [-0.1, -0.05) is 18.2 Å². The lowest BCUT2D eigenvalue weighted by Gasteiger charge is -2.11. The maximum atomic E-state index is 5.93. The van der Waals surface area contributed by atoms with Gasteiger partial charge >= 0.3 is 0 Å². The number of hydrogen-bond donors (Lipinski definition) is 2. The number of rotatable bonds is 3. The molecular weight excluding hydrogens is 240 g/mol. The highest BCUT2D eigenvalue weighted by Gasteiger charge is 2.22. The van der Waals surface area contributed by atoms with Gasteiger partial charge in [0.15, 0.2) is 0 Å². The van der Waals surface area contributed by atoms with Gasteiger partial charge in [0, 0.05) is 5.39 Å². The topological polar surface area (TPSA) is 64.3 Å². The SMILES string of the molecule is Cc1ccoc1C(NN)c1cc2cccc(C)c2o1. The number of furan rings is 2. The molecule has 2 heterocycles. The molecule has 19 heavy (non-hydrogen) atoms. The smallest absolute Gasteiger partial charge is 0.137 e. The Bertz CT molecular complexity index is 712. The average molecular weight is 256 g/mol. The van der Waals surface area contributed by atoms with Gasteiger partial charge in [0.1, 0.15) is 23.1 Å². The molecule has 98 valence electrons. The van der Waals surface area contributed by atoms with Crippen LogP contribution in [0.15, 0.2) is 45.4 Å². The number of hydrogen-bond acceptors (Lipinski definition) is 4. The first kappa shape index (κ1) is 12.0. The highest BCUT2D eigenvalue weighted by atomic mass is 16.4. The second kappa shape index (κ2) is 4.57. The van der Waals surface area contributed by atoms with Crippen molar-refractivity contribution in [1.82, 2.24) is 5.43 Å². The van der Waals surface area contributed by atoms with E-state index in [0.29, 0.717) is 0 Å². The van der Waals surface area contributed by atoms with Gasteiger partial charge < -0.3 is 8.83 Å². The molecule has 0 fully saturated rings. The lowest BCUT2D eigenvalue weighted by molar-refractivity contribution is 0.401. The van der Waals surface area contributed by atoms with Gasteiger partial charge in [-0.2, -0.15) is 0 Å². The van der Waals surface area contributed by atoms with Crippen LogP contribution in [0.4, 0.5) is 0 Å². The van der Waals surface area contributed by atoms with Crippen LogP contribution in [-0.4, -0.2) is 0 Å². The highest BCUT2D eigenvalue weighted by Crippen LogP contribution is 2.31. The van der Waals surface area contributed by atoms with Crippen LogP contribution in [0.1, 0.15) is 28.7 Å². The fraction of sp³-hybridized carbons (Fsp3) is 0.200. The predicted molar refractivity (Wildman–Crippen MR) is 73.6 cm³/mol. The molecule has 0 saturated heterocycles. The summed E-state index contributed by atoms with van der Waals surface area (Å²) < 4.78 is 11.4. The van der Waals surface area contributed by atoms with Gasteiger partial charge in [-0.05, 0) is 37.1 Å². The van der Waals surface area contributed by atoms with Gasteiger partial charge in [0.2, 0.25) is 0 Å². The maximum Gasteiger partial charge on any atom is 0.137 e. The summed E-state index contributed by atoms with van der Waals surface area (Å²) in [6.45, 7) is 4.01. The summed E-state index contributed by atoms with van der Waals surface area (Å²) in [5.41, 5.74) is 5.79. The van der Waals surface area contributed by atoms with E-state index in [0.717, 1.165) is 33.6 Å². The van der Waals surface area contributed by atoms with Crippen molar-refractivity contribution in [2.24, 2.45) is 5.84 Å². The Morgan fingerprint density at radius 3 is 2.63 bits per heavy atom. The number of benzene rings is 1. The standard InChI is InChI=1S/C15H16N2O2/c1-9-4-3-5-11-8-12(19-14(9)11)13(17-16)15-10(2)6-7-18-15/h3-8,13,17H,16H2,1-2H3. The van der Waals surface area contributed by atoms with Gasteiger partial charge in [0.05, 0.1) is 6.26 Å². The van der Waals surface area contributed by atoms with Crippen LogP contribution in [0.5, 0.6) is 0 Å².